The molecule has 2 heteroatoms. The van der Waals surface area contributed by atoms with E-state index >= 15 is 0 Å². The molecule has 0 spiro atoms. The molecule has 0 heterocycles. The Hall–Kier alpha value is -0.216. The standard InChI is InChI=1S/C12H23Si2/c1-10(11(2)13(4,5)6)12(3)14(7,8)9/h2H2,1,4-9H3/q+1/b12-10+. The van der Waals surface area contributed by atoms with E-state index in [1.165, 1.54) is 5.20 Å². The molecule has 0 saturated heterocycles. The van der Waals surface area contributed by atoms with Crippen LogP contribution in [0.1, 0.15) is 6.92 Å². The van der Waals surface area contributed by atoms with Gasteiger partial charge in [0.2, 0.25) is 0 Å². The summed E-state index contributed by atoms with van der Waals surface area (Å²) < 4.78 is 0. The molecule has 0 rings (SSSR count). The van der Waals surface area contributed by atoms with Gasteiger partial charge in [-0.15, -0.1) is 0 Å². The molecule has 0 N–H and O–H groups in total. The highest BCUT2D eigenvalue weighted by Crippen LogP contribution is 2.27. The summed E-state index contributed by atoms with van der Waals surface area (Å²) in [6, 6.07) is 0. The first-order valence-corrected chi connectivity index (χ1v) is 12.1. The lowest BCUT2D eigenvalue weighted by molar-refractivity contribution is 1.41. The fraction of sp³-hybridized carbons (Fsp3) is 0.583. The van der Waals surface area contributed by atoms with Gasteiger partial charge in [-0.05, 0) is 0 Å². The Morgan fingerprint density at radius 3 is 1.50 bits per heavy atom. The van der Waals surface area contributed by atoms with Crippen molar-refractivity contribution in [1.29, 1.82) is 0 Å². The molecule has 2 radical (unpaired) electrons. The lowest BCUT2D eigenvalue weighted by atomic mass is 10.3. The maximum atomic E-state index is 8.14. The molecule has 0 aromatic rings. The van der Waals surface area contributed by atoms with E-state index < -0.39 is 16.1 Å². The summed E-state index contributed by atoms with van der Waals surface area (Å²) in [5.74, 6) is 0. The van der Waals surface area contributed by atoms with Gasteiger partial charge in [0, 0.05) is 12.1 Å². The summed E-state index contributed by atoms with van der Waals surface area (Å²) in [4.78, 5) is 0. The highest BCUT2D eigenvalue weighted by atomic mass is 28.3. The van der Waals surface area contributed by atoms with E-state index in [9.17, 15) is 0 Å². The smallest absolute Gasteiger partial charge is 0.0799 e. The summed E-state index contributed by atoms with van der Waals surface area (Å²) in [5.41, 5.74) is 1.16. The predicted molar refractivity (Wildman–Crippen MR) is 71.8 cm³/mol. The van der Waals surface area contributed by atoms with Gasteiger partial charge in [0.15, 0.2) is 0 Å². The van der Waals surface area contributed by atoms with Gasteiger partial charge in [0.1, 0.15) is 21.3 Å². The molecular formula is C12H23Si2+. The van der Waals surface area contributed by atoms with Gasteiger partial charge in [0.05, 0.1) is 5.57 Å². The first-order chi connectivity index (χ1) is 5.98. The largest absolute Gasteiger partial charge is 0.327 e. The number of rotatable bonds is 3. The Labute approximate surface area is 92.1 Å². The molecule has 14 heavy (non-hydrogen) atoms. The van der Waals surface area contributed by atoms with Gasteiger partial charge in [-0.25, -0.2) is 0 Å². The quantitative estimate of drug-likeness (QED) is 0.382. The molecule has 0 aliphatic carbocycles. The zero-order valence-corrected chi connectivity index (χ0v) is 12.7. The van der Waals surface area contributed by atoms with Crippen LogP contribution in [0.15, 0.2) is 22.5 Å². The summed E-state index contributed by atoms with van der Waals surface area (Å²) in [6.45, 7) is 27.9. The molecule has 0 amide bonds. The van der Waals surface area contributed by atoms with Gasteiger partial charge in [-0.3, -0.25) is 0 Å². The Morgan fingerprint density at radius 2 is 1.29 bits per heavy atom. The SMILES string of the molecule is [C+]/C(=C(/C)C(=C)[Si](C)(C)C)[Si](C)(C)C. The molecule has 0 unspecified atom stereocenters. The summed E-state index contributed by atoms with van der Waals surface area (Å²) >= 11 is 0. The highest BCUT2D eigenvalue weighted by molar-refractivity contribution is 6.86. The molecule has 0 fully saturated rings. The minimum Gasteiger partial charge on any atom is -0.0799 e. The van der Waals surface area contributed by atoms with Crippen LogP contribution in [-0.2, 0) is 0 Å². The van der Waals surface area contributed by atoms with Crippen LogP contribution in [-0.4, -0.2) is 16.1 Å². The molecule has 0 saturated carbocycles. The number of hydrogen-bond donors (Lipinski definition) is 0. The van der Waals surface area contributed by atoms with Crippen molar-refractivity contribution in [1.82, 2.24) is 0 Å². The Bertz CT molecular complexity index is 259. The van der Waals surface area contributed by atoms with Gasteiger partial charge >= 0.3 is 6.92 Å². The third-order valence-corrected chi connectivity index (χ3v) is 6.54. The van der Waals surface area contributed by atoms with Crippen molar-refractivity contribution in [2.24, 2.45) is 0 Å². The minimum absolute atomic E-state index is 0.866. The summed E-state index contributed by atoms with van der Waals surface area (Å²) in [5, 5.41) is 2.11. The second kappa shape index (κ2) is 4.11. The van der Waals surface area contributed by atoms with Gasteiger partial charge in [-0.2, -0.15) is 0 Å². The predicted octanol–water partition coefficient (Wildman–Crippen LogP) is 4.20. The Balaban J connectivity index is 5.14. The maximum absolute atomic E-state index is 8.14. The van der Waals surface area contributed by atoms with Crippen molar-refractivity contribution < 1.29 is 0 Å². The van der Waals surface area contributed by atoms with Crippen molar-refractivity contribution in [2.75, 3.05) is 0 Å². The Morgan fingerprint density at radius 1 is 0.929 bits per heavy atom. The monoisotopic (exact) mass is 223 g/mol. The molecule has 78 valence electrons. The minimum atomic E-state index is -1.46. The van der Waals surface area contributed by atoms with Crippen LogP contribution in [0.3, 0.4) is 0 Å². The van der Waals surface area contributed by atoms with Crippen LogP contribution in [0.4, 0.5) is 0 Å². The second-order valence-corrected chi connectivity index (χ2v) is 16.1. The van der Waals surface area contributed by atoms with Crippen LogP contribution in [0.2, 0.25) is 39.3 Å². The zero-order chi connectivity index (χ0) is 11.7. The molecular weight excluding hydrogens is 200 g/mol. The first-order valence-electron chi connectivity index (χ1n) is 5.10. The molecule has 0 aliphatic heterocycles. The van der Waals surface area contributed by atoms with Gasteiger partial charge < -0.3 is 0 Å². The van der Waals surface area contributed by atoms with Crippen molar-refractivity contribution in [3.8, 4) is 0 Å². The van der Waals surface area contributed by atoms with Crippen LogP contribution in [0.25, 0.3) is 0 Å². The summed E-state index contributed by atoms with van der Waals surface area (Å²) in [6.07, 6.45) is 0. The molecule has 0 bridgehead atoms. The van der Waals surface area contributed by atoms with E-state index in [-0.39, 0.29) is 0 Å². The van der Waals surface area contributed by atoms with Crippen LogP contribution >= 0.6 is 0 Å². The van der Waals surface area contributed by atoms with Crippen molar-refractivity contribution in [2.45, 2.75) is 46.2 Å². The van der Waals surface area contributed by atoms with E-state index in [0.29, 0.717) is 0 Å². The van der Waals surface area contributed by atoms with E-state index in [1.54, 1.807) is 0 Å². The average Bonchev–Trinajstić information content (AvgIpc) is 1.97. The lowest BCUT2D eigenvalue weighted by Gasteiger charge is -2.19. The van der Waals surface area contributed by atoms with E-state index in [0.717, 1.165) is 10.8 Å². The van der Waals surface area contributed by atoms with Crippen LogP contribution in [0, 0.1) is 6.92 Å². The maximum Gasteiger partial charge on any atom is 0.327 e. The zero-order valence-electron chi connectivity index (χ0n) is 10.7. The third kappa shape index (κ3) is 3.50. The van der Waals surface area contributed by atoms with Crippen LogP contribution < -0.4 is 0 Å². The highest BCUT2D eigenvalue weighted by Gasteiger charge is 2.33. The number of allylic oxidation sites excluding steroid dienone is 3. The number of hydrogen-bond acceptors (Lipinski definition) is 0. The van der Waals surface area contributed by atoms with Crippen molar-refractivity contribution in [3.05, 3.63) is 29.5 Å². The third-order valence-electron chi connectivity index (χ3n) is 2.48. The van der Waals surface area contributed by atoms with E-state index in [1.807, 2.05) is 0 Å². The van der Waals surface area contributed by atoms with E-state index in [2.05, 4.69) is 52.8 Å². The molecule has 0 atom stereocenters. The van der Waals surface area contributed by atoms with Gasteiger partial charge in [-0.1, -0.05) is 45.9 Å². The van der Waals surface area contributed by atoms with Crippen molar-refractivity contribution >= 4 is 16.1 Å². The van der Waals surface area contributed by atoms with Crippen LogP contribution in [0.5, 0.6) is 0 Å². The molecule has 0 aromatic heterocycles. The molecule has 0 aromatic carbocycles. The fourth-order valence-corrected chi connectivity index (χ4v) is 3.93. The topological polar surface area (TPSA) is 0 Å². The lowest BCUT2D eigenvalue weighted by Crippen LogP contribution is -2.29. The fourth-order valence-electron chi connectivity index (χ4n) is 1.28. The normalized spacial score (nSPS) is 15.1. The molecule has 0 nitrogen and oxygen atoms in total. The Kier molecular flexibility index (Phi) is 4.05. The van der Waals surface area contributed by atoms with Crippen molar-refractivity contribution in [3.63, 3.8) is 0 Å². The summed E-state index contributed by atoms with van der Waals surface area (Å²) in [7, 11) is -2.77. The van der Waals surface area contributed by atoms with Gasteiger partial charge in [0.25, 0.3) is 0 Å². The first kappa shape index (κ1) is 13.8. The average molecular weight is 223 g/mol. The second-order valence-electron chi connectivity index (χ2n) is 5.98. The molecule has 0 aliphatic rings. The van der Waals surface area contributed by atoms with E-state index in [4.69, 9.17) is 6.92 Å².